The minimum atomic E-state index is -1.36. The Labute approximate surface area is 222 Å². The molecule has 1 N–H and O–H groups in total. The molecule has 0 fully saturated rings. The summed E-state index contributed by atoms with van der Waals surface area (Å²) in [6.45, 7) is 0. The smallest absolute Gasteiger partial charge is 0.341 e. The van der Waals surface area contributed by atoms with E-state index in [1.807, 2.05) is 30.3 Å². The second kappa shape index (κ2) is 11.1. The van der Waals surface area contributed by atoms with Gasteiger partial charge in [0.15, 0.2) is 12.4 Å². The van der Waals surface area contributed by atoms with Crippen LogP contribution in [-0.4, -0.2) is 35.6 Å². The van der Waals surface area contributed by atoms with Crippen molar-refractivity contribution >= 4 is 63.3 Å². The molecule has 0 radical (unpaired) electrons. The van der Waals surface area contributed by atoms with Crippen molar-refractivity contribution in [2.45, 2.75) is 18.8 Å². The molecule has 0 aliphatic heterocycles. The van der Waals surface area contributed by atoms with Gasteiger partial charge in [-0.1, -0.05) is 70.7 Å². The minimum Gasteiger partial charge on any atom is -0.453 e. The molecular formula is C26H19Cl4NO4. The fraction of sp³-hybridized carbons (Fsp3) is 0.154. The minimum absolute atomic E-state index is 0.0256. The van der Waals surface area contributed by atoms with E-state index in [9.17, 15) is 9.90 Å². The number of benzene rings is 3. The number of aromatic nitrogens is 1. The number of methoxy groups -OCH3 is 1. The van der Waals surface area contributed by atoms with Gasteiger partial charge in [0.1, 0.15) is 0 Å². The Morgan fingerprint density at radius 1 is 0.914 bits per heavy atom. The maximum atomic E-state index is 12.8. The number of hydrogen-bond donors (Lipinski definition) is 1. The third-order valence-corrected chi connectivity index (χ3v) is 6.65. The van der Waals surface area contributed by atoms with Gasteiger partial charge < -0.3 is 14.6 Å². The second-order valence-electron chi connectivity index (χ2n) is 7.69. The van der Waals surface area contributed by atoms with Crippen molar-refractivity contribution in [1.82, 2.24) is 4.98 Å². The summed E-state index contributed by atoms with van der Waals surface area (Å²) in [5.41, 5.74) is 2.86. The van der Waals surface area contributed by atoms with Crippen LogP contribution in [0.25, 0.3) is 22.2 Å². The molecule has 0 amide bonds. The van der Waals surface area contributed by atoms with E-state index in [0.717, 1.165) is 16.5 Å². The summed E-state index contributed by atoms with van der Waals surface area (Å²) >= 11 is 24.9. The van der Waals surface area contributed by atoms with Gasteiger partial charge in [-0.05, 0) is 48.0 Å². The van der Waals surface area contributed by atoms with Gasteiger partial charge in [-0.25, -0.2) is 9.78 Å². The van der Waals surface area contributed by atoms with Gasteiger partial charge in [0, 0.05) is 24.5 Å². The Bertz CT molecular complexity index is 1350. The summed E-state index contributed by atoms with van der Waals surface area (Å²) in [7, 11) is 1.32. The highest BCUT2D eigenvalue weighted by Crippen LogP contribution is 2.34. The number of pyridine rings is 1. The van der Waals surface area contributed by atoms with Crippen LogP contribution in [-0.2, 0) is 15.9 Å². The molecule has 0 spiro atoms. The fourth-order valence-electron chi connectivity index (χ4n) is 3.66. The highest BCUT2D eigenvalue weighted by molar-refractivity contribution is 6.39. The predicted molar refractivity (Wildman–Crippen MR) is 140 cm³/mol. The van der Waals surface area contributed by atoms with Crippen molar-refractivity contribution in [3.8, 4) is 11.3 Å². The predicted octanol–water partition coefficient (Wildman–Crippen LogP) is 7.25. The average Bonchev–Trinajstić information content (AvgIpc) is 2.83. The molecule has 0 bridgehead atoms. The quantitative estimate of drug-likeness (QED) is 0.194. The van der Waals surface area contributed by atoms with Gasteiger partial charge in [-0.2, -0.15) is 0 Å². The highest BCUT2D eigenvalue weighted by atomic mass is 35.5. The van der Waals surface area contributed by atoms with Crippen molar-refractivity contribution < 1.29 is 19.4 Å². The van der Waals surface area contributed by atoms with Gasteiger partial charge in [-0.3, -0.25) is 0 Å². The molecule has 180 valence electrons. The number of fused-ring (bicyclic) bond motifs is 1. The van der Waals surface area contributed by atoms with Crippen LogP contribution in [0, 0.1) is 0 Å². The third kappa shape index (κ3) is 5.72. The molecule has 1 aromatic heterocycles. The van der Waals surface area contributed by atoms with Crippen LogP contribution in [0.3, 0.4) is 0 Å². The largest absolute Gasteiger partial charge is 0.453 e. The Morgan fingerprint density at radius 2 is 1.54 bits per heavy atom. The van der Waals surface area contributed by atoms with E-state index in [-0.39, 0.29) is 22.0 Å². The molecule has 0 aliphatic rings. The molecule has 35 heavy (non-hydrogen) atoms. The van der Waals surface area contributed by atoms with Crippen LogP contribution in [0.15, 0.2) is 66.7 Å². The van der Waals surface area contributed by atoms with Crippen LogP contribution >= 0.6 is 46.4 Å². The van der Waals surface area contributed by atoms with Gasteiger partial charge in [0.25, 0.3) is 0 Å². The highest BCUT2D eigenvalue weighted by Gasteiger charge is 2.27. The van der Waals surface area contributed by atoms with Gasteiger partial charge >= 0.3 is 5.97 Å². The van der Waals surface area contributed by atoms with Crippen molar-refractivity contribution in [3.63, 3.8) is 0 Å². The Balaban J connectivity index is 1.60. The lowest BCUT2D eigenvalue weighted by molar-refractivity contribution is -0.146. The molecule has 1 heterocycles. The van der Waals surface area contributed by atoms with Crippen molar-refractivity contribution in [2.75, 3.05) is 7.11 Å². The molecule has 3 aromatic carbocycles. The standard InChI is InChI=1S/C26H19Cl4NO4/c1-34-25(32)22(35-26(33)24-18(29)6-3-7-19(24)30)13-14-8-10-20-15(12-14)9-11-21(31-20)23-16(27)4-2-5-17(23)28/h2-12,22,25,32H,13H2,1H3. The number of carbonyl (C=O) groups is 1. The monoisotopic (exact) mass is 549 g/mol. The first-order valence-electron chi connectivity index (χ1n) is 10.5. The molecule has 4 rings (SSSR count). The normalized spacial score (nSPS) is 13.0. The number of aliphatic hydroxyl groups is 1. The number of ether oxygens (including phenoxy) is 2. The van der Waals surface area contributed by atoms with E-state index in [4.69, 9.17) is 55.9 Å². The molecule has 2 atom stereocenters. The summed E-state index contributed by atoms with van der Waals surface area (Å²) in [6.07, 6.45) is -2.19. The van der Waals surface area contributed by atoms with Crippen molar-refractivity contribution in [2.24, 2.45) is 0 Å². The topological polar surface area (TPSA) is 68.7 Å². The van der Waals surface area contributed by atoms with Crippen molar-refractivity contribution in [3.05, 3.63) is 97.9 Å². The molecule has 0 saturated carbocycles. The Hall–Kier alpha value is -2.38. The van der Waals surface area contributed by atoms with Gasteiger partial charge in [0.2, 0.25) is 0 Å². The lowest BCUT2D eigenvalue weighted by Crippen LogP contribution is -2.34. The molecule has 4 aromatic rings. The lowest BCUT2D eigenvalue weighted by atomic mass is 10.0. The van der Waals surface area contributed by atoms with Gasteiger partial charge in [-0.15, -0.1) is 0 Å². The zero-order chi connectivity index (χ0) is 25.1. The number of halogens is 4. The number of aliphatic hydroxyl groups excluding tert-OH is 1. The van der Waals surface area contributed by atoms with E-state index < -0.39 is 18.4 Å². The molecule has 5 nitrogen and oxygen atoms in total. The summed E-state index contributed by atoms with van der Waals surface area (Å²) in [5.74, 6) is -0.759. The summed E-state index contributed by atoms with van der Waals surface area (Å²) in [6, 6.07) is 19.3. The number of nitrogens with zero attached hydrogens (tertiary/aromatic N) is 1. The number of hydrogen-bond acceptors (Lipinski definition) is 5. The van der Waals surface area contributed by atoms with E-state index in [1.165, 1.54) is 19.2 Å². The van der Waals surface area contributed by atoms with E-state index in [0.29, 0.717) is 21.3 Å². The lowest BCUT2D eigenvalue weighted by Gasteiger charge is -2.23. The molecule has 0 aliphatic carbocycles. The van der Waals surface area contributed by atoms with Crippen LogP contribution in [0.5, 0.6) is 0 Å². The maximum Gasteiger partial charge on any atom is 0.341 e. The number of rotatable bonds is 7. The SMILES string of the molecule is COC(O)C(Cc1ccc2nc(-c3c(Cl)cccc3Cl)ccc2c1)OC(=O)c1c(Cl)cccc1Cl. The third-order valence-electron chi connectivity index (χ3n) is 5.39. The van der Waals surface area contributed by atoms with Crippen LogP contribution in [0.1, 0.15) is 15.9 Å². The summed E-state index contributed by atoms with van der Waals surface area (Å²) in [4.78, 5) is 17.4. The Kier molecular flexibility index (Phi) is 8.17. The molecule has 2 unspecified atom stereocenters. The summed E-state index contributed by atoms with van der Waals surface area (Å²) in [5, 5.41) is 12.5. The molecule has 0 saturated heterocycles. The van der Waals surface area contributed by atoms with Crippen LogP contribution < -0.4 is 0 Å². The summed E-state index contributed by atoms with van der Waals surface area (Å²) < 4.78 is 10.6. The fourth-order valence-corrected chi connectivity index (χ4v) is 4.80. The Morgan fingerprint density at radius 3 is 2.17 bits per heavy atom. The average molecular weight is 551 g/mol. The first kappa shape index (κ1) is 25.7. The van der Waals surface area contributed by atoms with Crippen LogP contribution in [0.2, 0.25) is 20.1 Å². The first-order chi connectivity index (χ1) is 16.8. The zero-order valence-corrected chi connectivity index (χ0v) is 21.4. The second-order valence-corrected chi connectivity index (χ2v) is 9.32. The first-order valence-corrected chi connectivity index (χ1v) is 12.0. The number of esters is 1. The van der Waals surface area contributed by atoms with E-state index in [1.54, 1.807) is 24.3 Å². The van der Waals surface area contributed by atoms with E-state index >= 15 is 0 Å². The van der Waals surface area contributed by atoms with Crippen LogP contribution in [0.4, 0.5) is 0 Å². The zero-order valence-electron chi connectivity index (χ0n) is 18.3. The number of carbonyl (C=O) groups excluding carboxylic acids is 1. The van der Waals surface area contributed by atoms with E-state index in [2.05, 4.69) is 4.98 Å². The molecular weight excluding hydrogens is 532 g/mol. The maximum absolute atomic E-state index is 12.8. The van der Waals surface area contributed by atoms with Crippen molar-refractivity contribution in [1.29, 1.82) is 0 Å². The molecule has 9 heteroatoms. The van der Waals surface area contributed by atoms with Gasteiger partial charge in [0.05, 0.1) is 36.9 Å².